The molecule has 0 heterocycles. The van der Waals surface area contributed by atoms with Crippen molar-refractivity contribution in [3.63, 3.8) is 0 Å². The summed E-state index contributed by atoms with van der Waals surface area (Å²) in [5, 5.41) is 0.901. The number of hydrogen-bond donors (Lipinski definition) is 1. The van der Waals surface area contributed by atoms with Gasteiger partial charge in [0.15, 0.2) is 0 Å². The van der Waals surface area contributed by atoms with Crippen molar-refractivity contribution < 1.29 is 13.0 Å². The van der Waals surface area contributed by atoms with Crippen molar-refractivity contribution in [1.29, 1.82) is 0 Å². The summed E-state index contributed by atoms with van der Waals surface area (Å²) < 4.78 is 29.3. The summed E-state index contributed by atoms with van der Waals surface area (Å²) in [6.07, 6.45) is 0.660. The van der Waals surface area contributed by atoms with E-state index in [1.54, 1.807) is 6.92 Å². The topological polar surface area (TPSA) is 54.4 Å². The van der Waals surface area contributed by atoms with Gasteiger partial charge in [0.2, 0.25) is 0 Å². The van der Waals surface area contributed by atoms with Crippen LogP contribution < -0.4 is 0 Å². The Balaban J connectivity index is 4.44. The van der Waals surface area contributed by atoms with Gasteiger partial charge in [0, 0.05) is 0 Å². The predicted molar refractivity (Wildman–Crippen MR) is 49.4 cm³/mol. The van der Waals surface area contributed by atoms with Crippen LogP contribution in [0.4, 0.5) is 0 Å². The summed E-state index contributed by atoms with van der Waals surface area (Å²) in [5.74, 6) is 0. The van der Waals surface area contributed by atoms with Crippen LogP contribution in [0, 0.1) is 5.41 Å². The third-order valence-electron chi connectivity index (χ3n) is 1.16. The van der Waals surface area contributed by atoms with Crippen LogP contribution in [0.15, 0.2) is 11.0 Å². The highest BCUT2D eigenvalue weighted by Gasteiger charge is 2.12. The molecule has 72 valence electrons. The van der Waals surface area contributed by atoms with E-state index in [1.807, 2.05) is 20.8 Å². The van der Waals surface area contributed by atoms with Crippen LogP contribution in [-0.4, -0.2) is 13.0 Å². The van der Waals surface area contributed by atoms with Crippen LogP contribution in [0.1, 0.15) is 34.1 Å². The minimum Gasteiger partial charge on any atom is -0.282 e. The molecule has 0 aliphatic heterocycles. The molecule has 0 aromatic rings. The van der Waals surface area contributed by atoms with Crippen molar-refractivity contribution in [1.82, 2.24) is 0 Å². The van der Waals surface area contributed by atoms with E-state index in [0.717, 1.165) is 5.41 Å². The Morgan fingerprint density at radius 2 is 1.83 bits per heavy atom. The van der Waals surface area contributed by atoms with Crippen molar-refractivity contribution >= 4 is 10.1 Å². The van der Waals surface area contributed by atoms with Gasteiger partial charge < -0.3 is 0 Å². The molecular formula is C8H16O3S. The lowest BCUT2D eigenvalue weighted by Gasteiger charge is -2.17. The molecular weight excluding hydrogens is 176 g/mol. The van der Waals surface area contributed by atoms with E-state index in [9.17, 15) is 8.42 Å². The second-order valence-corrected chi connectivity index (χ2v) is 5.48. The normalized spacial score (nSPS) is 14.9. The molecule has 12 heavy (non-hydrogen) atoms. The predicted octanol–water partition coefficient (Wildman–Crippen LogP) is 2.21. The maximum absolute atomic E-state index is 10.4. The van der Waals surface area contributed by atoms with E-state index in [2.05, 4.69) is 0 Å². The average Bonchev–Trinajstić information content (AvgIpc) is 1.49. The first kappa shape index (κ1) is 11.6. The summed E-state index contributed by atoms with van der Waals surface area (Å²) in [6.45, 7) is 7.72. The molecule has 0 bridgehead atoms. The van der Waals surface area contributed by atoms with Crippen molar-refractivity contribution in [2.24, 2.45) is 5.41 Å². The zero-order valence-corrected chi connectivity index (χ0v) is 8.77. The zero-order chi connectivity index (χ0) is 9.99. The molecule has 0 unspecified atom stereocenters. The Morgan fingerprint density at radius 3 is 2.08 bits per heavy atom. The minimum atomic E-state index is -3.96. The fraction of sp³-hybridized carbons (Fsp3) is 0.750. The molecule has 0 saturated heterocycles. The largest absolute Gasteiger partial charge is 0.287 e. The number of hydrogen-bond acceptors (Lipinski definition) is 2. The third kappa shape index (κ3) is 7.75. The second-order valence-electron chi connectivity index (χ2n) is 4.22. The molecule has 0 saturated carbocycles. The molecule has 0 radical (unpaired) electrons. The monoisotopic (exact) mass is 192 g/mol. The van der Waals surface area contributed by atoms with Gasteiger partial charge in [-0.15, -0.1) is 0 Å². The molecule has 0 aliphatic rings. The SMILES string of the molecule is C/C(=C\S(=O)(=O)O)CC(C)(C)C. The summed E-state index contributed by atoms with van der Waals surface area (Å²) >= 11 is 0. The quantitative estimate of drug-likeness (QED) is 0.682. The maximum atomic E-state index is 10.4. The van der Waals surface area contributed by atoms with Gasteiger partial charge in [-0.1, -0.05) is 26.3 Å². The van der Waals surface area contributed by atoms with Crippen molar-refractivity contribution in [3.05, 3.63) is 11.0 Å². The molecule has 3 nitrogen and oxygen atoms in total. The zero-order valence-electron chi connectivity index (χ0n) is 7.96. The Labute approximate surface area is 74.2 Å². The highest BCUT2D eigenvalue weighted by Crippen LogP contribution is 2.23. The Morgan fingerprint density at radius 1 is 1.42 bits per heavy atom. The molecule has 1 N–H and O–H groups in total. The summed E-state index contributed by atoms with van der Waals surface area (Å²) in [6, 6.07) is 0. The van der Waals surface area contributed by atoms with Crippen LogP contribution >= 0.6 is 0 Å². The van der Waals surface area contributed by atoms with Crippen molar-refractivity contribution in [2.75, 3.05) is 0 Å². The van der Waals surface area contributed by atoms with Crippen LogP contribution in [0.3, 0.4) is 0 Å². The van der Waals surface area contributed by atoms with Gasteiger partial charge in [0.1, 0.15) is 0 Å². The highest BCUT2D eigenvalue weighted by molar-refractivity contribution is 7.88. The van der Waals surface area contributed by atoms with E-state index in [4.69, 9.17) is 4.55 Å². The van der Waals surface area contributed by atoms with Crippen molar-refractivity contribution in [2.45, 2.75) is 34.1 Å². The van der Waals surface area contributed by atoms with Gasteiger partial charge >= 0.3 is 0 Å². The fourth-order valence-corrected chi connectivity index (χ4v) is 1.72. The molecule has 0 amide bonds. The first-order valence-electron chi connectivity index (χ1n) is 3.75. The van der Waals surface area contributed by atoms with Gasteiger partial charge in [0.05, 0.1) is 5.41 Å². The summed E-state index contributed by atoms with van der Waals surface area (Å²) in [7, 11) is -3.96. The van der Waals surface area contributed by atoms with E-state index >= 15 is 0 Å². The highest BCUT2D eigenvalue weighted by atomic mass is 32.2. The average molecular weight is 192 g/mol. The third-order valence-corrected chi connectivity index (χ3v) is 1.86. The number of rotatable bonds is 2. The Kier molecular flexibility index (Phi) is 3.47. The van der Waals surface area contributed by atoms with E-state index < -0.39 is 10.1 Å². The van der Waals surface area contributed by atoms with Gasteiger partial charge in [0.25, 0.3) is 10.1 Å². The smallest absolute Gasteiger partial charge is 0.282 e. The maximum Gasteiger partial charge on any atom is 0.287 e. The van der Waals surface area contributed by atoms with Gasteiger partial charge in [-0.25, -0.2) is 0 Å². The van der Waals surface area contributed by atoms with Gasteiger partial charge in [-0.05, 0) is 18.8 Å². The van der Waals surface area contributed by atoms with E-state index in [0.29, 0.717) is 12.0 Å². The molecule has 0 atom stereocenters. The molecule has 4 heteroatoms. The summed E-state index contributed by atoms with van der Waals surface area (Å²) in [5.41, 5.74) is 0.718. The summed E-state index contributed by atoms with van der Waals surface area (Å²) in [4.78, 5) is 0. The van der Waals surface area contributed by atoms with E-state index in [-0.39, 0.29) is 5.41 Å². The molecule has 0 fully saturated rings. The molecule has 0 aliphatic carbocycles. The van der Waals surface area contributed by atoms with E-state index in [1.165, 1.54) is 0 Å². The van der Waals surface area contributed by atoms with Crippen LogP contribution in [0.25, 0.3) is 0 Å². The molecule has 0 spiro atoms. The van der Waals surface area contributed by atoms with Crippen LogP contribution in [0.2, 0.25) is 0 Å². The Hall–Kier alpha value is -0.350. The second kappa shape index (κ2) is 3.58. The number of allylic oxidation sites excluding steroid dienone is 1. The first-order chi connectivity index (χ1) is 5.10. The molecule has 0 aromatic heterocycles. The van der Waals surface area contributed by atoms with Gasteiger partial charge in [-0.2, -0.15) is 8.42 Å². The lowest BCUT2D eigenvalue weighted by Crippen LogP contribution is -2.06. The van der Waals surface area contributed by atoms with Crippen LogP contribution in [0.5, 0.6) is 0 Å². The van der Waals surface area contributed by atoms with Crippen LogP contribution in [-0.2, 0) is 10.1 Å². The lowest BCUT2D eigenvalue weighted by atomic mass is 9.89. The standard InChI is InChI=1S/C8H16O3S/c1-7(5-8(2,3)4)6-12(9,10)11/h6H,5H2,1-4H3,(H,9,10,11)/b7-6+. The van der Waals surface area contributed by atoms with Crippen molar-refractivity contribution in [3.8, 4) is 0 Å². The minimum absolute atomic E-state index is 0.0469. The fourth-order valence-electron chi connectivity index (χ4n) is 1.13. The van der Waals surface area contributed by atoms with Gasteiger partial charge in [-0.3, -0.25) is 4.55 Å². The lowest BCUT2D eigenvalue weighted by molar-refractivity contribution is 0.409. The molecule has 0 rings (SSSR count). The Bertz CT molecular complexity index is 267. The molecule has 0 aromatic carbocycles. The first-order valence-corrected chi connectivity index (χ1v) is 5.25.